The minimum atomic E-state index is -0.124. The number of aromatic nitrogens is 1. The minimum Gasteiger partial charge on any atom is -0.360 e. The van der Waals surface area contributed by atoms with Gasteiger partial charge in [0.2, 0.25) is 0 Å². The van der Waals surface area contributed by atoms with Crippen molar-refractivity contribution in [2.75, 3.05) is 6.54 Å². The lowest BCUT2D eigenvalue weighted by Gasteiger charge is -2.30. The maximum Gasteiger partial charge on any atom is 0.273 e. The molecule has 0 saturated carbocycles. The maximum absolute atomic E-state index is 12.2. The predicted octanol–water partition coefficient (Wildman–Crippen LogP) is 3.49. The van der Waals surface area contributed by atoms with E-state index >= 15 is 0 Å². The molecule has 1 N–H and O–H groups in total. The first kappa shape index (κ1) is 15.7. The fourth-order valence-corrected chi connectivity index (χ4v) is 2.39. The monoisotopic (exact) mass is 266 g/mol. The van der Waals surface area contributed by atoms with E-state index in [9.17, 15) is 4.79 Å². The van der Waals surface area contributed by atoms with E-state index in [0.29, 0.717) is 12.2 Å². The molecular formula is C15H26N2O2. The Morgan fingerprint density at radius 2 is 1.79 bits per heavy atom. The molecule has 4 nitrogen and oxygen atoms in total. The normalized spacial score (nSPS) is 11.6. The first-order valence-corrected chi connectivity index (χ1v) is 7.26. The predicted molar refractivity (Wildman–Crippen MR) is 76.3 cm³/mol. The Labute approximate surface area is 115 Å². The number of carbonyl (C=O) groups is 1. The second-order valence-electron chi connectivity index (χ2n) is 5.18. The van der Waals surface area contributed by atoms with Crippen LogP contribution in [0.15, 0.2) is 4.52 Å². The molecule has 4 heteroatoms. The zero-order chi connectivity index (χ0) is 14.5. The SMILES string of the molecule is CCc1onc(C(=O)NCC(CC)(CC)CC)c1C. The quantitative estimate of drug-likeness (QED) is 0.822. The maximum atomic E-state index is 12.2. The summed E-state index contributed by atoms with van der Waals surface area (Å²) in [5.74, 6) is 0.665. The van der Waals surface area contributed by atoms with Crippen molar-refractivity contribution < 1.29 is 9.32 Å². The van der Waals surface area contributed by atoms with E-state index in [1.165, 1.54) is 0 Å². The number of rotatable bonds is 7. The highest BCUT2D eigenvalue weighted by molar-refractivity contribution is 5.93. The van der Waals surface area contributed by atoms with Crippen LogP contribution >= 0.6 is 0 Å². The summed E-state index contributed by atoms with van der Waals surface area (Å²) >= 11 is 0. The lowest BCUT2D eigenvalue weighted by Crippen LogP contribution is -2.37. The largest absolute Gasteiger partial charge is 0.360 e. The smallest absolute Gasteiger partial charge is 0.273 e. The van der Waals surface area contributed by atoms with Crippen molar-refractivity contribution >= 4 is 5.91 Å². The Balaban J connectivity index is 2.72. The molecule has 0 aliphatic rings. The van der Waals surface area contributed by atoms with Gasteiger partial charge in [-0.25, -0.2) is 0 Å². The molecular weight excluding hydrogens is 240 g/mol. The van der Waals surface area contributed by atoms with E-state index < -0.39 is 0 Å². The number of hydrogen-bond acceptors (Lipinski definition) is 3. The van der Waals surface area contributed by atoms with Crippen molar-refractivity contribution in [1.29, 1.82) is 0 Å². The fraction of sp³-hybridized carbons (Fsp3) is 0.733. The van der Waals surface area contributed by atoms with Gasteiger partial charge < -0.3 is 9.84 Å². The molecule has 0 radical (unpaired) electrons. The number of carbonyl (C=O) groups excluding carboxylic acids is 1. The summed E-state index contributed by atoms with van der Waals surface area (Å²) in [6.45, 7) is 11.1. The Hall–Kier alpha value is -1.32. The number of nitrogens with one attached hydrogen (secondary N) is 1. The summed E-state index contributed by atoms with van der Waals surface area (Å²) in [4.78, 5) is 12.2. The first-order chi connectivity index (χ1) is 9.03. The molecule has 0 aliphatic heterocycles. The highest BCUT2D eigenvalue weighted by Gasteiger charge is 2.26. The Bertz CT molecular complexity index is 412. The third-order valence-electron chi connectivity index (χ3n) is 4.43. The van der Waals surface area contributed by atoms with Crippen molar-refractivity contribution in [3.05, 3.63) is 17.0 Å². The zero-order valence-corrected chi connectivity index (χ0v) is 12.8. The third-order valence-corrected chi connectivity index (χ3v) is 4.43. The van der Waals surface area contributed by atoms with Gasteiger partial charge in [-0.2, -0.15) is 0 Å². The van der Waals surface area contributed by atoms with Crippen molar-refractivity contribution in [3.8, 4) is 0 Å². The van der Waals surface area contributed by atoms with Crippen molar-refractivity contribution in [2.45, 2.75) is 60.3 Å². The van der Waals surface area contributed by atoms with Crippen LogP contribution in [0, 0.1) is 12.3 Å². The Kier molecular flexibility index (Phi) is 5.58. The molecule has 1 heterocycles. The summed E-state index contributed by atoms with van der Waals surface area (Å²) < 4.78 is 5.17. The van der Waals surface area contributed by atoms with Crippen molar-refractivity contribution in [1.82, 2.24) is 10.5 Å². The number of aryl methyl sites for hydroxylation is 1. The van der Waals surface area contributed by atoms with Gasteiger partial charge in [-0.1, -0.05) is 32.9 Å². The van der Waals surface area contributed by atoms with Crippen LogP contribution in [0.5, 0.6) is 0 Å². The average Bonchev–Trinajstić information content (AvgIpc) is 2.81. The molecule has 1 aromatic heterocycles. The summed E-state index contributed by atoms with van der Waals surface area (Å²) in [5.41, 5.74) is 1.48. The number of hydrogen-bond donors (Lipinski definition) is 1. The van der Waals surface area contributed by atoms with Crippen LogP contribution in [0.1, 0.15) is 68.8 Å². The summed E-state index contributed by atoms with van der Waals surface area (Å²) in [6, 6.07) is 0. The molecule has 1 amide bonds. The fourth-order valence-electron chi connectivity index (χ4n) is 2.39. The van der Waals surface area contributed by atoms with Crippen molar-refractivity contribution in [2.24, 2.45) is 5.41 Å². The van der Waals surface area contributed by atoms with E-state index in [1.807, 2.05) is 13.8 Å². The van der Waals surface area contributed by atoms with E-state index in [0.717, 1.165) is 37.0 Å². The van der Waals surface area contributed by atoms with Gasteiger partial charge in [0.25, 0.3) is 5.91 Å². The topological polar surface area (TPSA) is 55.1 Å². The molecule has 0 saturated heterocycles. The van der Waals surface area contributed by atoms with Gasteiger partial charge in [0.15, 0.2) is 5.69 Å². The van der Waals surface area contributed by atoms with Crippen LogP contribution in [-0.4, -0.2) is 17.6 Å². The van der Waals surface area contributed by atoms with Gasteiger partial charge in [0, 0.05) is 18.5 Å². The standard InChI is InChI=1S/C15H26N2O2/c1-6-12-11(5)13(17-19-12)14(18)16-10-15(7-2,8-3)9-4/h6-10H2,1-5H3,(H,16,18). The van der Waals surface area contributed by atoms with Crippen LogP contribution in [0.25, 0.3) is 0 Å². The third kappa shape index (κ3) is 3.37. The van der Waals surface area contributed by atoms with Crippen LogP contribution < -0.4 is 5.32 Å². The molecule has 1 aromatic rings. The first-order valence-electron chi connectivity index (χ1n) is 7.26. The molecule has 0 spiro atoms. The Morgan fingerprint density at radius 1 is 1.21 bits per heavy atom. The van der Waals surface area contributed by atoms with E-state index in [1.54, 1.807) is 0 Å². The van der Waals surface area contributed by atoms with Gasteiger partial charge in [-0.05, 0) is 31.6 Å². The van der Waals surface area contributed by atoms with Gasteiger partial charge >= 0.3 is 0 Å². The second-order valence-corrected chi connectivity index (χ2v) is 5.18. The average molecular weight is 266 g/mol. The molecule has 0 atom stereocenters. The van der Waals surface area contributed by atoms with Crippen LogP contribution in [0.2, 0.25) is 0 Å². The van der Waals surface area contributed by atoms with Crippen molar-refractivity contribution in [3.63, 3.8) is 0 Å². The minimum absolute atomic E-state index is 0.124. The summed E-state index contributed by atoms with van der Waals surface area (Å²) in [6.07, 6.45) is 3.96. The molecule has 0 fully saturated rings. The molecule has 0 aliphatic carbocycles. The Morgan fingerprint density at radius 3 is 2.21 bits per heavy atom. The highest BCUT2D eigenvalue weighted by Crippen LogP contribution is 2.29. The van der Waals surface area contributed by atoms with E-state index in [2.05, 4.69) is 31.2 Å². The van der Waals surface area contributed by atoms with E-state index in [4.69, 9.17) is 4.52 Å². The van der Waals surface area contributed by atoms with Gasteiger partial charge in [0.05, 0.1) is 0 Å². The lowest BCUT2D eigenvalue weighted by atomic mass is 9.80. The molecule has 0 aromatic carbocycles. The molecule has 0 unspecified atom stereocenters. The molecule has 0 bridgehead atoms. The molecule has 108 valence electrons. The zero-order valence-electron chi connectivity index (χ0n) is 12.8. The van der Waals surface area contributed by atoms with Gasteiger partial charge in [-0.3, -0.25) is 4.79 Å². The highest BCUT2D eigenvalue weighted by atomic mass is 16.5. The lowest BCUT2D eigenvalue weighted by molar-refractivity contribution is 0.0914. The van der Waals surface area contributed by atoms with Gasteiger partial charge in [-0.15, -0.1) is 0 Å². The molecule has 1 rings (SSSR count). The van der Waals surface area contributed by atoms with Crippen LogP contribution in [0.4, 0.5) is 0 Å². The summed E-state index contributed by atoms with van der Waals surface area (Å²) in [5, 5.41) is 6.89. The second kappa shape index (κ2) is 6.73. The molecule has 19 heavy (non-hydrogen) atoms. The number of amides is 1. The summed E-state index contributed by atoms with van der Waals surface area (Å²) in [7, 11) is 0. The van der Waals surface area contributed by atoms with Gasteiger partial charge in [0.1, 0.15) is 5.76 Å². The van der Waals surface area contributed by atoms with Crippen LogP contribution in [-0.2, 0) is 6.42 Å². The number of nitrogens with zero attached hydrogens (tertiary/aromatic N) is 1. The van der Waals surface area contributed by atoms with E-state index in [-0.39, 0.29) is 11.3 Å². The van der Waals surface area contributed by atoms with Crippen LogP contribution in [0.3, 0.4) is 0 Å².